The molecule has 0 amide bonds. The van der Waals surface area contributed by atoms with Crippen LogP contribution in [0.1, 0.15) is 35.5 Å². The number of ether oxygens (including phenoxy) is 2. The van der Waals surface area contributed by atoms with Crippen LogP contribution in [0.3, 0.4) is 0 Å². The summed E-state index contributed by atoms with van der Waals surface area (Å²) in [6.45, 7) is 4.50. The molecule has 0 aliphatic heterocycles. The van der Waals surface area contributed by atoms with Gasteiger partial charge in [-0.05, 0) is 32.3 Å². The number of hydrogen-bond acceptors (Lipinski definition) is 6. The SMILES string of the molecule is CCOC(=O)c1nn(C)c2c1CCc1cnc(OCC)nc1-2. The van der Waals surface area contributed by atoms with E-state index in [4.69, 9.17) is 9.47 Å². The van der Waals surface area contributed by atoms with E-state index in [2.05, 4.69) is 15.1 Å². The molecule has 2 heterocycles. The van der Waals surface area contributed by atoms with Crippen molar-refractivity contribution in [3.63, 3.8) is 0 Å². The van der Waals surface area contributed by atoms with E-state index >= 15 is 0 Å². The Kier molecular flexibility index (Phi) is 3.79. The zero-order chi connectivity index (χ0) is 15.7. The summed E-state index contributed by atoms with van der Waals surface area (Å²) in [6, 6.07) is 0.341. The lowest BCUT2D eigenvalue weighted by Gasteiger charge is -2.16. The summed E-state index contributed by atoms with van der Waals surface area (Å²) in [5.74, 6) is -0.387. The third-order valence-electron chi connectivity index (χ3n) is 3.60. The molecule has 0 saturated carbocycles. The molecule has 0 saturated heterocycles. The van der Waals surface area contributed by atoms with Crippen LogP contribution in [-0.2, 0) is 24.6 Å². The second kappa shape index (κ2) is 5.75. The van der Waals surface area contributed by atoms with Crippen LogP contribution in [0.15, 0.2) is 6.20 Å². The molecule has 3 rings (SSSR count). The second-order valence-corrected chi connectivity index (χ2v) is 4.98. The molecule has 0 atom stereocenters. The first-order valence-corrected chi connectivity index (χ1v) is 7.37. The molecule has 1 aliphatic rings. The van der Waals surface area contributed by atoms with E-state index in [-0.39, 0.29) is 5.97 Å². The quantitative estimate of drug-likeness (QED) is 0.797. The maximum absolute atomic E-state index is 12.1. The van der Waals surface area contributed by atoms with Crippen molar-refractivity contribution >= 4 is 5.97 Å². The van der Waals surface area contributed by atoms with Gasteiger partial charge in [0.05, 0.1) is 24.6 Å². The van der Waals surface area contributed by atoms with E-state index in [0.29, 0.717) is 24.9 Å². The van der Waals surface area contributed by atoms with Gasteiger partial charge in [0.2, 0.25) is 0 Å². The topological polar surface area (TPSA) is 79.1 Å². The molecular formula is C15H18N4O3. The first-order valence-electron chi connectivity index (χ1n) is 7.37. The first-order chi connectivity index (χ1) is 10.7. The molecule has 7 nitrogen and oxygen atoms in total. The zero-order valence-corrected chi connectivity index (χ0v) is 12.9. The zero-order valence-electron chi connectivity index (χ0n) is 12.9. The van der Waals surface area contributed by atoms with Crippen LogP contribution >= 0.6 is 0 Å². The van der Waals surface area contributed by atoms with Crippen molar-refractivity contribution in [2.75, 3.05) is 13.2 Å². The van der Waals surface area contributed by atoms with Crippen molar-refractivity contribution in [2.45, 2.75) is 26.7 Å². The van der Waals surface area contributed by atoms with Crippen molar-refractivity contribution in [1.29, 1.82) is 0 Å². The molecule has 0 bridgehead atoms. The summed E-state index contributed by atoms with van der Waals surface area (Å²) in [4.78, 5) is 20.7. The van der Waals surface area contributed by atoms with Gasteiger partial charge in [-0.2, -0.15) is 10.1 Å². The monoisotopic (exact) mass is 302 g/mol. The Hall–Kier alpha value is -2.44. The van der Waals surface area contributed by atoms with Gasteiger partial charge in [0.25, 0.3) is 0 Å². The minimum Gasteiger partial charge on any atom is -0.464 e. The standard InChI is InChI=1S/C15H18N4O3/c1-4-21-14(20)12-10-7-6-9-8-16-15(22-5-2)17-11(9)13(10)19(3)18-12/h8H,4-7H2,1-3H3. The van der Waals surface area contributed by atoms with Gasteiger partial charge in [0.1, 0.15) is 0 Å². The second-order valence-electron chi connectivity index (χ2n) is 4.98. The van der Waals surface area contributed by atoms with Crippen molar-refractivity contribution < 1.29 is 14.3 Å². The number of nitrogens with zero attached hydrogens (tertiary/aromatic N) is 4. The van der Waals surface area contributed by atoms with Gasteiger partial charge in [-0.1, -0.05) is 0 Å². The number of fused-ring (bicyclic) bond motifs is 3. The van der Waals surface area contributed by atoms with Crippen LogP contribution in [0.2, 0.25) is 0 Å². The Balaban J connectivity index is 2.10. The molecule has 0 spiro atoms. The van der Waals surface area contributed by atoms with Crippen LogP contribution in [-0.4, -0.2) is 38.9 Å². The van der Waals surface area contributed by atoms with Crippen molar-refractivity contribution in [3.8, 4) is 17.4 Å². The Bertz CT molecular complexity index is 724. The summed E-state index contributed by atoms with van der Waals surface area (Å²) in [5, 5.41) is 4.33. The summed E-state index contributed by atoms with van der Waals surface area (Å²) in [5.41, 5.74) is 3.92. The number of aromatic nitrogens is 4. The largest absolute Gasteiger partial charge is 0.464 e. The van der Waals surface area contributed by atoms with Crippen molar-refractivity contribution in [2.24, 2.45) is 7.05 Å². The van der Waals surface area contributed by atoms with E-state index in [1.807, 2.05) is 6.92 Å². The van der Waals surface area contributed by atoms with E-state index in [1.165, 1.54) is 0 Å². The Morgan fingerprint density at radius 3 is 2.86 bits per heavy atom. The molecular weight excluding hydrogens is 284 g/mol. The normalized spacial score (nSPS) is 12.5. The lowest BCUT2D eigenvalue weighted by molar-refractivity contribution is 0.0517. The fraction of sp³-hybridized carbons (Fsp3) is 0.467. The highest BCUT2D eigenvalue weighted by Crippen LogP contribution is 2.34. The Labute approximate surface area is 128 Å². The number of hydrogen-bond donors (Lipinski definition) is 0. The minimum absolute atomic E-state index is 0.331. The maximum Gasteiger partial charge on any atom is 0.359 e. The maximum atomic E-state index is 12.1. The molecule has 2 aromatic heterocycles. The number of carbonyl (C=O) groups is 1. The van der Waals surface area contributed by atoms with Crippen LogP contribution in [0.5, 0.6) is 6.01 Å². The minimum atomic E-state index is -0.387. The molecule has 0 radical (unpaired) electrons. The van der Waals surface area contributed by atoms with E-state index < -0.39 is 0 Å². The van der Waals surface area contributed by atoms with Crippen LogP contribution < -0.4 is 4.74 Å². The van der Waals surface area contributed by atoms with E-state index in [9.17, 15) is 4.79 Å². The van der Waals surface area contributed by atoms with Gasteiger partial charge in [0.15, 0.2) is 5.69 Å². The smallest absolute Gasteiger partial charge is 0.359 e. The molecule has 2 aromatic rings. The van der Waals surface area contributed by atoms with Crippen molar-refractivity contribution in [3.05, 3.63) is 23.0 Å². The third kappa shape index (κ3) is 2.32. The molecule has 0 unspecified atom stereocenters. The number of aryl methyl sites for hydroxylation is 2. The Morgan fingerprint density at radius 1 is 1.32 bits per heavy atom. The van der Waals surface area contributed by atoms with Crippen LogP contribution in [0.25, 0.3) is 11.4 Å². The van der Waals surface area contributed by atoms with Gasteiger partial charge in [-0.15, -0.1) is 0 Å². The summed E-state index contributed by atoms with van der Waals surface area (Å²) in [7, 11) is 1.80. The third-order valence-corrected chi connectivity index (χ3v) is 3.60. The lowest BCUT2D eigenvalue weighted by atomic mass is 9.93. The van der Waals surface area contributed by atoms with E-state index in [1.54, 1.807) is 24.9 Å². The lowest BCUT2D eigenvalue weighted by Crippen LogP contribution is -2.12. The summed E-state index contributed by atoms with van der Waals surface area (Å²) < 4.78 is 12.1. The molecule has 0 N–H and O–H groups in total. The average Bonchev–Trinajstić information content (AvgIpc) is 2.85. The summed E-state index contributed by atoms with van der Waals surface area (Å²) in [6.07, 6.45) is 3.28. The summed E-state index contributed by atoms with van der Waals surface area (Å²) >= 11 is 0. The first kappa shape index (κ1) is 14.5. The molecule has 7 heteroatoms. The van der Waals surface area contributed by atoms with Gasteiger partial charge in [-0.25, -0.2) is 9.78 Å². The highest BCUT2D eigenvalue weighted by molar-refractivity contribution is 5.91. The van der Waals surface area contributed by atoms with Gasteiger partial charge < -0.3 is 9.47 Å². The molecule has 22 heavy (non-hydrogen) atoms. The van der Waals surface area contributed by atoms with Crippen LogP contribution in [0.4, 0.5) is 0 Å². The Morgan fingerprint density at radius 2 is 2.14 bits per heavy atom. The van der Waals surface area contributed by atoms with E-state index in [0.717, 1.165) is 35.4 Å². The van der Waals surface area contributed by atoms with Gasteiger partial charge in [0, 0.05) is 18.8 Å². The number of rotatable bonds is 4. The predicted molar refractivity (Wildman–Crippen MR) is 78.8 cm³/mol. The molecule has 116 valence electrons. The predicted octanol–water partition coefficient (Wildman–Crippen LogP) is 1.55. The number of esters is 1. The highest BCUT2D eigenvalue weighted by Gasteiger charge is 2.29. The molecule has 0 aromatic carbocycles. The van der Waals surface area contributed by atoms with Crippen LogP contribution in [0, 0.1) is 0 Å². The van der Waals surface area contributed by atoms with Gasteiger partial charge >= 0.3 is 12.0 Å². The van der Waals surface area contributed by atoms with Crippen molar-refractivity contribution in [1.82, 2.24) is 19.7 Å². The highest BCUT2D eigenvalue weighted by atomic mass is 16.5. The number of carbonyl (C=O) groups excluding carboxylic acids is 1. The molecule has 1 aliphatic carbocycles. The average molecular weight is 302 g/mol. The molecule has 0 fully saturated rings. The van der Waals surface area contributed by atoms with Gasteiger partial charge in [-0.3, -0.25) is 4.68 Å². The fourth-order valence-corrected chi connectivity index (χ4v) is 2.70. The fourth-order valence-electron chi connectivity index (χ4n) is 2.70.